The molecule has 11 heavy (non-hydrogen) atoms. The number of rotatable bonds is 3. The second kappa shape index (κ2) is 4.39. The molecular formula is C9H16O2. The minimum absolute atomic E-state index is 0.160. The van der Waals surface area contributed by atoms with Crippen molar-refractivity contribution in [1.82, 2.24) is 0 Å². The fourth-order valence-electron chi connectivity index (χ4n) is 1.38. The summed E-state index contributed by atoms with van der Waals surface area (Å²) in [6.07, 6.45) is 5.50. The number of ether oxygens (including phenoxy) is 2. The van der Waals surface area contributed by atoms with Crippen LogP contribution in [-0.4, -0.2) is 18.8 Å². The molecule has 0 aliphatic carbocycles. The third-order valence-corrected chi connectivity index (χ3v) is 2.05. The van der Waals surface area contributed by atoms with E-state index < -0.39 is 0 Å². The van der Waals surface area contributed by atoms with Crippen molar-refractivity contribution in [3.05, 3.63) is 12.8 Å². The van der Waals surface area contributed by atoms with Crippen LogP contribution in [-0.2, 0) is 9.47 Å². The minimum atomic E-state index is 0.160. The average Bonchev–Trinajstić information content (AvgIpc) is 2.07. The van der Waals surface area contributed by atoms with Crippen molar-refractivity contribution in [3.63, 3.8) is 0 Å². The van der Waals surface area contributed by atoms with Crippen LogP contribution in [0.2, 0.25) is 0 Å². The Labute approximate surface area is 68.2 Å². The van der Waals surface area contributed by atoms with Gasteiger partial charge in [0.1, 0.15) is 6.10 Å². The molecule has 1 aliphatic heterocycles. The highest BCUT2D eigenvalue weighted by Crippen LogP contribution is 2.17. The molecule has 0 radical (unpaired) electrons. The molecule has 1 heterocycles. The maximum absolute atomic E-state index is 5.52. The van der Waals surface area contributed by atoms with Gasteiger partial charge in [0, 0.05) is 6.61 Å². The molecule has 2 atom stereocenters. The van der Waals surface area contributed by atoms with Gasteiger partial charge in [-0.05, 0) is 26.2 Å². The van der Waals surface area contributed by atoms with E-state index in [0.717, 1.165) is 13.0 Å². The molecule has 1 fully saturated rings. The Bertz CT molecular complexity index is 117. The van der Waals surface area contributed by atoms with E-state index in [2.05, 4.69) is 6.58 Å². The van der Waals surface area contributed by atoms with E-state index in [1.807, 2.05) is 6.92 Å². The van der Waals surface area contributed by atoms with Crippen molar-refractivity contribution in [2.75, 3.05) is 6.61 Å². The molecule has 0 aromatic carbocycles. The van der Waals surface area contributed by atoms with Gasteiger partial charge in [-0.2, -0.15) is 0 Å². The summed E-state index contributed by atoms with van der Waals surface area (Å²) in [5.41, 5.74) is 0. The normalized spacial score (nSPS) is 27.5. The van der Waals surface area contributed by atoms with Crippen molar-refractivity contribution in [3.8, 4) is 0 Å². The summed E-state index contributed by atoms with van der Waals surface area (Å²) in [5.74, 6) is 0. The van der Waals surface area contributed by atoms with Gasteiger partial charge in [0.05, 0.1) is 12.4 Å². The molecule has 64 valence electrons. The van der Waals surface area contributed by atoms with E-state index in [1.54, 1.807) is 0 Å². The van der Waals surface area contributed by atoms with Crippen LogP contribution in [0.15, 0.2) is 12.8 Å². The molecule has 2 nitrogen and oxygen atoms in total. The predicted molar refractivity (Wildman–Crippen MR) is 44.3 cm³/mol. The van der Waals surface area contributed by atoms with Crippen LogP contribution < -0.4 is 0 Å². The highest BCUT2D eigenvalue weighted by molar-refractivity contribution is 4.71. The van der Waals surface area contributed by atoms with Crippen LogP contribution >= 0.6 is 0 Å². The van der Waals surface area contributed by atoms with Gasteiger partial charge < -0.3 is 9.47 Å². The lowest BCUT2D eigenvalue weighted by atomic mass is 10.1. The zero-order chi connectivity index (χ0) is 8.10. The van der Waals surface area contributed by atoms with Crippen molar-refractivity contribution in [1.29, 1.82) is 0 Å². The molecular weight excluding hydrogens is 140 g/mol. The maximum atomic E-state index is 5.52. The van der Waals surface area contributed by atoms with Gasteiger partial charge in [0.2, 0.25) is 0 Å². The van der Waals surface area contributed by atoms with Gasteiger partial charge in [-0.1, -0.05) is 6.58 Å². The maximum Gasteiger partial charge on any atom is 0.121 e. The Kier molecular flexibility index (Phi) is 3.43. The van der Waals surface area contributed by atoms with Crippen molar-refractivity contribution in [2.45, 2.75) is 38.4 Å². The van der Waals surface area contributed by atoms with Gasteiger partial charge in [-0.15, -0.1) is 0 Å². The quantitative estimate of drug-likeness (QED) is 0.582. The zero-order valence-electron chi connectivity index (χ0n) is 7.08. The fraction of sp³-hybridized carbons (Fsp3) is 0.778. The van der Waals surface area contributed by atoms with Gasteiger partial charge in [-0.3, -0.25) is 0 Å². The number of hydrogen-bond acceptors (Lipinski definition) is 2. The Balaban J connectivity index is 2.26. The summed E-state index contributed by atoms with van der Waals surface area (Å²) in [6.45, 7) is 6.43. The Morgan fingerprint density at radius 2 is 2.45 bits per heavy atom. The highest BCUT2D eigenvalue weighted by Gasteiger charge is 2.20. The predicted octanol–water partition coefficient (Wildman–Crippen LogP) is 2.10. The molecule has 0 aromatic rings. The average molecular weight is 156 g/mol. The van der Waals surface area contributed by atoms with E-state index in [-0.39, 0.29) is 12.2 Å². The van der Waals surface area contributed by atoms with E-state index in [4.69, 9.17) is 9.47 Å². The van der Waals surface area contributed by atoms with Gasteiger partial charge >= 0.3 is 0 Å². The van der Waals surface area contributed by atoms with Crippen LogP contribution in [0.1, 0.15) is 26.2 Å². The molecule has 1 rings (SSSR count). The van der Waals surface area contributed by atoms with Crippen molar-refractivity contribution in [2.24, 2.45) is 0 Å². The van der Waals surface area contributed by atoms with Gasteiger partial charge in [0.15, 0.2) is 0 Å². The molecule has 0 N–H and O–H groups in total. The van der Waals surface area contributed by atoms with Gasteiger partial charge in [0.25, 0.3) is 0 Å². The van der Waals surface area contributed by atoms with E-state index in [0.29, 0.717) is 0 Å². The summed E-state index contributed by atoms with van der Waals surface area (Å²) in [7, 11) is 0. The molecule has 0 aromatic heterocycles. The zero-order valence-corrected chi connectivity index (χ0v) is 7.08. The standard InChI is InChI=1S/C9H16O2/c1-3-10-8(2)9-6-4-5-7-11-9/h3,8-9H,1,4-7H2,2H3. The third-order valence-electron chi connectivity index (χ3n) is 2.05. The largest absolute Gasteiger partial charge is 0.496 e. The molecule has 2 unspecified atom stereocenters. The first-order valence-electron chi connectivity index (χ1n) is 4.22. The molecule has 1 aliphatic rings. The lowest BCUT2D eigenvalue weighted by molar-refractivity contribution is -0.0589. The van der Waals surface area contributed by atoms with Crippen LogP contribution in [0.5, 0.6) is 0 Å². The third kappa shape index (κ3) is 2.54. The molecule has 0 amide bonds. The molecule has 2 heteroatoms. The van der Waals surface area contributed by atoms with E-state index in [1.165, 1.54) is 19.1 Å². The van der Waals surface area contributed by atoms with Crippen LogP contribution in [0.4, 0.5) is 0 Å². The lowest BCUT2D eigenvalue weighted by Crippen LogP contribution is -2.30. The smallest absolute Gasteiger partial charge is 0.121 e. The van der Waals surface area contributed by atoms with Crippen LogP contribution in [0, 0.1) is 0 Å². The summed E-state index contributed by atoms with van der Waals surface area (Å²) in [5, 5.41) is 0. The van der Waals surface area contributed by atoms with Crippen molar-refractivity contribution >= 4 is 0 Å². The number of hydrogen-bond donors (Lipinski definition) is 0. The molecule has 0 bridgehead atoms. The molecule has 0 spiro atoms. The second-order valence-electron chi connectivity index (χ2n) is 2.91. The van der Waals surface area contributed by atoms with E-state index in [9.17, 15) is 0 Å². The van der Waals surface area contributed by atoms with Crippen LogP contribution in [0.3, 0.4) is 0 Å². The summed E-state index contributed by atoms with van der Waals surface area (Å²) in [4.78, 5) is 0. The Morgan fingerprint density at radius 3 is 3.00 bits per heavy atom. The minimum Gasteiger partial charge on any atom is -0.496 e. The second-order valence-corrected chi connectivity index (χ2v) is 2.91. The topological polar surface area (TPSA) is 18.5 Å². The van der Waals surface area contributed by atoms with Gasteiger partial charge in [-0.25, -0.2) is 0 Å². The fourth-order valence-corrected chi connectivity index (χ4v) is 1.38. The van der Waals surface area contributed by atoms with Crippen molar-refractivity contribution < 1.29 is 9.47 Å². The van der Waals surface area contributed by atoms with E-state index >= 15 is 0 Å². The molecule has 0 saturated carbocycles. The highest BCUT2D eigenvalue weighted by atomic mass is 16.5. The SMILES string of the molecule is C=COC(C)C1CCCCO1. The van der Waals surface area contributed by atoms with Crippen LogP contribution in [0.25, 0.3) is 0 Å². The Hall–Kier alpha value is -0.500. The summed E-state index contributed by atoms with van der Waals surface area (Å²) in [6, 6.07) is 0. The first-order chi connectivity index (χ1) is 5.34. The first kappa shape index (κ1) is 8.60. The monoisotopic (exact) mass is 156 g/mol. The lowest BCUT2D eigenvalue weighted by Gasteiger charge is -2.27. The summed E-state index contributed by atoms with van der Waals surface area (Å²) < 4.78 is 10.7. The summed E-state index contributed by atoms with van der Waals surface area (Å²) >= 11 is 0. The molecule has 1 saturated heterocycles. The first-order valence-corrected chi connectivity index (χ1v) is 4.22. The Morgan fingerprint density at radius 1 is 1.64 bits per heavy atom.